The summed E-state index contributed by atoms with van der Waals surface area (Å²) < 4.78 is 10.9. The van der Waals surface area contributed by atoms with Crippen molar-refractivity contribution in [2.45, 2.75) is 19.4 Å². The molecular weight excluding hydrogens is 386 g/mol. The Morgan fingerprint density at radius 3 is 2.80 bits per heavy atom. The van der Waals surface area contributed by atoms with E-state index in [2.05, 4.69) is 9.88 Å². The third-order valence-corrected chi connectivity index (χ3v) is 5.79. The molecule has 1 aromatic carbocycles. The van der Waals surface area contributed by atoms with Crippen LogP contribution in [-0.4, -0.2) is 47.5 Å². The Balaban J connectivity index is 1.40. The summed E-state index contributed by atoms with van der Waals surface area (Å²) in [6.07, 6.45) is 5.17. The van der Waals surface area contributed by atoms with Gasteiger partial charge in [0.15, 0.2) is 11.5 Å². The molecule has 156 valence electrons. The van der Waals surface area contributed by atoms with Gasteiger partial charge in [-0.3, -0.25) is 4.79 Å². The zero-order chi connectivity index (χ0) is 20.7. The fourth-order valence-corrected chi connectivity index (χ4v) is 4.11. The van der Waals surface area contributed by atoms with Crippen LogP contribution in [0.5, 0.6) is 11.5 Å². The maximum Gasteiger partial charge on any atom is 0.306 e. The third-order valence-electron chi connectivity index (χ3n) is 5.79. The van der Waals surface area contributed by atoms with Crippen molar-refractivity contribution in [1.29, 1.82) is 0 Å². The summed E-state index contributed by atoms with van der Waals surface area (Å²) in [7, 11) is 0. The Hall–Kier alpha value is -3.49. The summed E-state index contributed by atoms with van der Waals surface area (Å²) in [5, 5.41) is 9.23. The number of fused-ring (bicyclic) bond motifs is 2. The predicted octanol–water partition coefficient (Wildman–Crippen LogP) is 2.12. The van der Waals surface area contributed by atoms with E-state index in [0.29, 0.717) is 50.8 Å². The van der Waals surface area contributed by atoms with Gasteiger partial charge in [-0.25, -0.2) is 0 Å². The number of carboxylic acid groups (broad SMARTS) is 1. The maximum atomic E-state index is 11.2. The Kier molecular flexibility index (Phi) is 4.57. The van der Waals surface area contributed by atoms with Crippen LogP contribution in [0.15, 0.2) is 24.3 Å². The highest BCUT2D eigenvalue weighted by atomic mass is 16.7. The molecule has 0 spiro atoms. The summed E-state index contributed by atoms with van der Waals surface area (Å²) in [6.45, 7) is 2.81. The summed E-state index contributed by atoms with van der Waals surface area (Å²) >= 11 is 0. The highest BCUT2D eigenvalue weighted by Crippen LogP contribution is 2.35. The first-order valence-electron chi connectivity index (χ1n) is 10.0. The van der Waals surface area contributed by atoms with Crippen molar-refractivity contribution in [3.63, 3.8) is 0 Å². The number of carboxylic acids is 1. The van der Waals surface area contributed by atoms with Crippen molar-refractivity contribution < 1.29 is 19.4 Å². The van der Waals surface area contributed by atoms with Crippen LogP contribution in [0.25, 0.3) is 6.08 Å². The van der Waals surface area contributed by atoms with Crippen LogP contribution in [-0.2, 0) is 11.3 Å². The van der Waals surface area contributed by atoms with Gasteiger partial charge in [0.1, 0.15) is 11.6 Å². The van der Waals surface area contributed by atoms with Crippen molar-refractivity contribution in [1.82, 2.24) is 9.97 Å². The second-order valence-corrected chi connectivity index (χ2v) is 7.72. The Bertz CT molecular complexity index is 1020. The number of nitrogen functional groups attached to an aromatic ring is 1. The van der Waals surface area contributed by atoms with Crippen LogP contribution >= 0.6 is 0 Å². The fraction of sp³-hybridized carbons (Fsp3) is 0.381. The van der Waals surface area contributed by atoms with E-state index >= 15 is 0 Å². The second-order valence-electron chi connectivity index (χ2n) is 7.72. The average Bonchev–Trinajstić information content (AvgIpc) is 3.22. The van der Waals surface area contributed by atoms with Gasteiger partial charge in [0, 0.05) is 26.2 Å². The van der Waals surface area contributed by atoms with Gasteiger partial charge in [0.2, 0.25) is 12.7 Å². The quantitative estimate of drug-likeness (QED) is 0.784. The van der Waals surface area contributed by atoms with Crippen LogP contribution in [0.3, 0.4) is 0 Å². The van der Waals surface area contributed by atoms with Crippen molar-refractivity contribution in [3.8, 4) is 11.5 Å². The maximum absolute atomic E-state index is 11.2. The number of ether oxygens (including phenoxy) is 2. The van der Waals surface area contributed by atoms with E-state index in [-0.39, 0.29) is 12.7 Å². The normalized spacial score (nSPS) is 17.9. The van der Waals surface area contributed by atoms with E-state index in [4.69, 9.17) is 20.2 Å². The Labute approximate surface area is 173 Å². The molecular formula is C21H23N5O4. The van der Waals surface area contributed by atoms with Gasteiger partial charge < -0.3 is 30.1 Å². The largest absolute Gasteiger partial charge is 0.481 e. The lowest BCUT2D eigenvalue weighted by molar-refractivity contribution is -0.142. The zero-order valence-corrected chi connectivity index (χ0v) is 16.5. The summed E-state index contributed by atoms with van der Waals surface area (Å²) in [5.41, 5.74) is 8.16. The second kappa shape index (κ2) is 7.40. The molecule has 3 aliphatic heterocycles. The van der Waals surface area contributed by atoms with Crippen LogP contribution < -0.4 is 25.0 Å². The molecule has 2 aromatic rings. The van der Waals surface area contributed by atoms with Crippen molar-refractivity contribution in [2.75, 3.05) is 42.0 Å². The zero-order valence-electron chi connectivity index (χ0n) is 16.5. The number of hydrogen-bond donors (Lipinski definition) is 2. The van der Waals surface area contributed by atoms with E-state index in [1.165, 1.54) is 0 Å². The van der Waals surface area contributed by atoms with Crippen LogP contribution in [0.1, 0.15) is 24.0 Å². The van der Waals surface area contributed by atoms with Gasteiger partial charge in [-0.2, -0.15) is 9.97 Å². The molecule has 4 heterocycles. The lowest BCUT2D eigenvalue weighted by atomic mass is 9.97. The average molecular weight is 409 g/mol. The number of hydrogen-bond acceptors (Lipinski definition) is 8. The molecule has 3 N–H and O–H groups in total. The topological polar surface area (TPSA) is 114 Å². The van der Waals surface area contributed by atoms with Crippen LogP contribution in [0.4, 0.5) is 17.6 Å². The van der Waals surface area contributed by atoms with Crippen LogP contribution in [0.2, 0.25) is 0 Å². The molecule has 0 bridgehead atoms. The van der Waals surface area contributed by atoms with Crippen molar-refractivity contribution in [2.24, 2.45) is 5.92 Å². The van der Waals surface area contributed by atoms with Gasteiger partial charge in [0.05, 0.1) is 11.5 Å². The minimum Gasteiger partial charge on any atom is -0.481 e. The molecule has 0 amide bonds. The monoisotopic (exact) mass is 409 g/mol. The molecule has 1 saturated heterocycles. The molecule has 9 heteroatoms. The first-order valence-corrected chi connectivity index (χ1v) is 10.0. The SMILES string of the molecule is Nc1nc(N2CCC(C(=O)O)CC2)nc2c1C=CCN2Cc1ccc2c(c1)OCO2. The number of nitrogens with two attached hydrogens (primary N) is 1. The molecule has 0 saturated carbocycles. The van der Waals surface area contributed by atoms with E-state index in [0.717, 1.165) is 28.4 Å². The molecule has 0 aliphatic carbocycles. The molecule has 1 fully saturated rings. The van der Waals surface area contributed by atoms with Gasteiger partial charge in [-0.05, 0) is 36.6 Å². The number of piperidine rings is 1. The Morgan fingerprint density at radius 2 is 2.00 bits per heavy atom. The summed E-state index contributed by atoms with van der Waals surface area (Å²) in [4.78, 5) is 24.7. The van der Waals surface area contributed by atoms with E-state index in [1.54, 1.807) is 0 Å². The molecule has 1 aromatic heterocycles. The molecule has 0 radical (unpaired) electrons. The number of aliphatic carboxylic acids is 1. The first-order chi connectivity index (χ1) is 14.6. The molecule has 0 atom stereocenters. The van der Waals surface area contributed by atoms with Gasteiger partial charge in [0.25, 0.3) is 0 Å². The van der Waals surface area contributed by atoms with E-state index in [9.17, 15) is 9.90 Å². The van der Waals surface area contributed by atoms with Crippen molar-refractivity contribution >= 4 is 29.6 Å². The standard InChI is InChI=1S/C21H23N5O4/c22-18-15-2-1-7-26(11-13-3-4-16-17(10-13)30-12-29-16)19(15)24-21(23-18)25-8-5-14(6-9-25)20(27)28/h1-4,10,14H,5-9,11-12H2,(H,27,28)(H2,22,23,24). The molecule has 5 rings (SSSR count). The number of rotatable bonds is 4. The lowest BCUT2D eigenvalue weighted by Crippen LogP contribution is -2.38. The fourth-order valence-electron chi connectivity index (χ4n) is 4.11. The smallest absolute Gasteiger partial charge is 0.306 e. The molecule has 30 heavy (non-hydrogen) atoms. The number of nitrogens with zero attached hydrogens (tertiary/aromatic N) is 4. The summed E-state index contributed by atoms with van der Waals surface area (Å²) in [5.74, 6) is 2.25. The highest BCUT2D eigenvalue weighted by molar-refractivity contribution is 5.77. The third kappa shape index (κ3) is 3.36. The molecule has 3 aliphatic rings. The number of anilines is 3. The van der Waals surface area contributed by atoms with Gasteiger partial charge in [-0.15, -0.1) is 0 Å². The Morgan fingerprint density at radius 1 is 1.20 bits per heavy atom. The number of aromatic nitrogens is 2. The summed E-state index contributed by atoms with van der Waals surface area (Å²) in [6, 6.07) is 5.93. The molecule has 9 nitrogen and oxygen atoms in total. The number of carbonyl (C=O) groups is 1. The highest BCUT2D eigenvalue weighted by Gasteiger charge is 2.28. The minimum absolute atomic E-state index is 0.250. The van der Waals surface area contributed by atoms with Crippen LogP contribution in [0, 0.1) is 5.92 Å². The van der Waals surface area contributed by atoms with Gasteiger partial charge in [-0.1, -0.05) is 12.1 Å². The minimum atomic E-state index is -0.736. The van der Waals surface area contributed by atoms with E-state index in [1.807, 2.05) is 35.3 Å². The number of benzene rings is 1. The lowest BCUT2D eigenvalue weighted by Gasteiger charge is -2.32. The molecule has 0 unspecified atom stereocenters. The van der Waals surface area contributed by atoms with Gasteiger partial charge >= 0.3 is 5.97 Å². The first kappa shape index (κ1) is 18.5. The predicted molar refractivity (Wildman–Crippen MR) is 112 cm³/mol. The van der Waals surface area contributed by atoms with E-state index < -0.39 is 5.97 Å². The van der Waals surface area contributed by atoms with Crippen molar-refractivity contribution in [3.05, 3.63) is 35.4 Å².